The van der Waals surface area contributed by atoms with E-state index in [9.17, 15) is 32.0 Å². The second-order valence-electron chi connectivity index (χ2n) is 33.9. The fraction of sp³-hybridized carbons (Fsp3) is 0.385. The Kier molecular flexibility index (Phi) is 30.6. The molecule has 0 aliphatic heterocycles. The molecule has 0 unspecified atom stereocenters. The van der Waals surface area contributed by atoms with Gasteiger partial charge >= 0.3 is 0 Å². The molecule has 3 N–H and O–H groups in total. The minimum Gasteiger partial charge on any atom is -0.860 e. The lowest BCUT2D eigenvalue weighted by Gasteiger charge is -2.47. The summed E-state index contributed by atoms with van der Waals surface area (Å²) < 4.78 is 346. The molecule has 0 saturated carbocycles. The highest BCUT2D eigenvalue weighted by atomic mass is 28.3. The van der Waals surface area contributed by atoms with E-state index in [-0.39, 0.29) is 0 Å². The smallest absolute Gasteiger partial charge is 0.205 e. The van der Waals surface area contributed by atoms with Gasteiger partial charge in [-0.3, -0.25) is 0 Å². The molecule has 0 amide bonds. The Morgan fingerprint density at radius 2 is 0.414 bits per heavy atom. The van der Waals surface area contributed by atoms with Crippen LogP contribution in [-0.2, 0) is 0 Å². The molecule has 0 aliphatic carbocycles. The van der Waals surface area contributed by atoms with Crippen molar-refractivity contribution in [2.75, 3.05) is 42.3 Å². The van der Waals surface area contributed by atoms with Gasteiger partial charge in [0.15, 0.2) is 52.3 Å². The fourth-order valence-electron chi connectivity index (χ4n) is 11.8. The van der Waals surface area contributed by atoms with Crippen molar-refractivity contribution in [2.24, 2.45) is 0 Å². The maximum absolute atomic E-state index is 17.8. The Balaban J connectivity index is 0.000000487. The molecule has 8 rings (SSSR count). The van der Waals surface area contributed by atoms with Crippen LogP contribution in [0.5, 0.6) is 5.75 Å². The van der Waals surface area contributed by atoms with Gasteiger partial charge in [0.1, 0.15) is 77.1 Å². The molecule has 0 aromatic heterocycles. The van der Waals surface area contributed by atoms with E-state index in [1.54, 1.807) is 0 Å². The van der Waals surface area contributed by atoms with E-state index in [2.05, 4.69) is 120 Å². The van der Waals surface area contributed by atoms with Crippen molar-refractivity contribution in [2.45, 2.75) is 156 Å². The van der Waals surface area contributed by atoms with Crippen LogP contribution in [0.1, 0.15) is 83.1 Å². The van der Waals surface area contributed by atoms with Crippen LogP contribution in [0, 0.1) is 122 Å². The summed E-state index contributed by atoms with van der Waals surface area (Å²) in [5, 5.41) is 8.99. The lowest BCUT2D eigenvalue weighted by atomic mass is 9.12. The lowest BCUT2D eigenvalue weighted by Crippen LogP contribution is -3.00. The van der Waals surface area contributed by atoms with Crippen LogP contribution in [0.4, 0.5) is 109 Å². The third kappa shape index (κ3) is 18.7. The van der Waals surface area contributed by atoms with Crippen molar-refractivity contribution < 1.29 is 122 Å². The van der Waals surface area contributed by atoms with Crippen LogP contribution in [0.25, 0.3) is 0 Å². The Hall–Kier alpha value is -7.11. The molecule has 33 heteroatoms. The first kappa shape index (κ1) is 96.3. The van der Waals surface area contributed by atoms with Crippen LogP contribution in [0.3, 0.4) is 0 Å². The van der Waals surface area contributed by atoms with Crippen LogP contribution in [0.15, 0.2) is 91.0 Å². The number of rotatable bonds is 13. The summed E-state index contributed by atoms with van der Waals surface area (Å²) >= 11 is 0. The van der Waals surface area contributed by atoms with Gasteiger partial charge in [0.05, 0.1) is 74.6 Å². The average Bonchev–Trinajstić information content (AvgIpc) is 0.672. The van der Waals surface area contributed by atoms with Crippen LogP contribution >= 0.6 is 0 Å². The maximum Gasteiger partial charge on any atom is 0.205 e. The summed E-state index contributed by atoms with van der Waals surface area (Å²) in [6.45, 7) is 26.1. The molecule has 0 fully saturated rings. The van der Waals surface area contributed by atoms with Crippen molar-refractivity contribution in [3.63, 3.8) is 0 Å². The van der Waals surface area contributed by atoms with Crippen molar-refractivity contribution in [3.05, 3.63) is 213 Å². The molecule has 6 nitrogen and oxygen atoms in total. The van der Waals surface area contributed by atoms with E-state index in [4.69, 9.17) is 0 Å². The summed E-state index contributed by atoms with van der Waals surface area (Å²) in [7, 11) is -6.57. The van der Waals surface area contributed by atoms with Crippen LogP contribution in [-0.4, -0.2) is 88.0 Å². The average molecular weight is 1660 g/mol. The van der Waals surface area contributed by atoms with Gasteiger partial charge in [0, 0.05) is 20.7 Å². The molecule has 8 aromatic carbocycles. The standard InChI is InChI=1S/C48H60BF16Si4.3C8H11N.C6BF5O3/c1-45(2,3)66(13,14)41-33(58)25(50)21(26(51)34(41)59)49(22-27(52)35(60)42(36(61)28(22)53)67(15,16)46(4,5)6,23-29(54)37(62)43(38(63)30(23)55)68(17,18)47(7,8)9)24-31(56)39(64)44(40(65)32(24)57)69(19,20)48(10,11)12;3*1-9(2)8-6-4-3-5-7-8;8-1-2(9)4(11)6(15-7(13)14)5(12)3(1)10/h1-20H3;3*3-7H,1-2H3;/q-1;;;;-2/p+3. The van der Waals surface area contributed by atoms with E-state index in [1.165, 1.54) is 167 Å². The molecular formula is C78H96B2F21N3O3Si4. The summed E-state index contributed by atoms with van der Waals surface area (Å²) in [5.41, 5.74) is -7.68. The van der Waals surface area contributed by atoms with E-state index in [0.717, 1.165) is 0 Å². The molecule has 0 radical (unpaired) electrons. The molecule has 0 heterocycles. The molecule has 111 heavy (non-hydrogen) atoms. The number of halogens is 21. The Morgan fingerprint density at radius 1 is 0.261 bits per heavy atom. The highest BCUT2D eigenvalue weighted by Gasteiger charge is 2.57. The van der Waals surface area contributed by atoms with Gasteiger partial charge in [-0.05, 0) is 56.6 Å². The van der Waals surface area contributed by atoms with Crippen molar-refractivity contribution >= 4 is 105 Å². The first-order valence-electron chi connectivity index (χ1n) is 35.0. The van der Waals surface area contributed by atoms with E-state index in [1.807, 2.05) is 18.2 Å². The summed E-state index contributed by atoms with van der Waals surface area (Å²) in [4.78, 5) is 4.11. The molecule has 0 bridgehead atoms. The van der Waals surface area contributed by atoms with Gasteiger partial charge in [-0.1, -0.05) is 190 Å². The molecule has 0 aliphatic rings. The summed E-state index contributed by atoms with van der Waals surface area (Å²) in [6.07, 6.45) is -6.78. The number of hydrogen-bond donors (Lipinski definition) is 3. The number of para-hydroxylation sites is 3. The monoisotopic (exact) mass is 1660 g/mol. The zero-order valence-corrected chi connectivity index (χ0v) is 71.0. The van der Waals surface area contributed by atoms with Gasteiger partial charge in [0.25, 0.3) is 0 Å². The Labute approximate surface area is 640 Å². The van der Waals surface area contributed by atoms with Crippen LogP contribution < -0.4 is 72.0 Å². The first-order chi connectivity index (χ1) is 50.3. The molecule has 0 atom stereocenters. The normalized spacial score (nSPS) is 12.6. The Morgan fingerprint density at radius 3 is 0.541 bits per heavy atom. The highest BCUT2D eigenvalue weighted by Crippen LogP contribution is 2.43. The van der Waals surface area contributed by atoms with Gasteiger partial charge in [-0.25, -0.2) is 83.4 Å². The van der Waals surface area contributed by atoms with Crippen molar-refractivity contribution in [1.82, 2.24) is 0 Å². The number of hydrogen-bond acceptors (Lipinski definition) is 3. The fourth-order valence-corrected chi connectivity index (χ4v) is 20.0. The van der Waals surface area contributed by atoms with Crippen LogP contribution in [0.2, 0.25) is 72.5 Å². The van der Waals surface area contributed by atoms with E-state index < -0.39 is 236 Å². The first-order valence-corrected chi connectivity index (χ1v) is 47.0. The lowest BCUT2D eigenvalue weighted by molar-refractivity contribution is -0.786. The van der Waals surface area contributed by atoms with Gasteiger partial charge in [-0.15, -0.1) is 21.9 Å². The molecule has 0 spiro atoms. The second-order valence-corrected chi connectivity index (χ2v) is 54.9. The summed E-state index contributed by atoms with van der Waals surface area (Å²) in [6, 6.07) is 31.2. The zero-order chi connectivity index (χ0) is 86.2. The number of nitrogens with one attached hydrogen (secondary N) is 3. The number of benzene rings is 8. The maximum atomic E-state index is 17.8. The number of quaternary nitrogens is 3. The van der Waals surface area contributed by atoms with Crippen molar-refractivity contribution in [3.8, 4) is 5.75 Å². The third-order valence-electron chi connectivity index (χ3n) is 22.4. The molecule has 610 valence electrons. The minimum absolute atomic E-state index is 1.18. The second kappa shape index (κ2) is 35.3. The topological polar surface area (TPSA) is 68.7 Å². The summed E-state index contributed by atoms with van der Waals surface area (Å²) in [5.74, 6) is -57.9. The van der Waals surface area contributed by atoms with E-state index in [0.29, 0.717) is 0 Å². The molecule has 8 aromatic rings. The zero-order valence-electron chi connectivity index (χ0n) is 67.0. The highest BCUT2D eigenvalue weighted by molar-refractivity contribution is 7.20. The van der Waals surface area contributed by atoms with Gasteiger partial charge in [-0.2, -0.15) is 8.78 Å². The van der Waals surface area contributed by atoms with Gasteiger partial charge in [0.2, 0.25) is 29.1 Å². The quantitative estimate of drug-likeness (QED) is 0.0466. The van der Waals surface area contributed by atoms with E-state index >= 15 is 70.2 Å². The van der Waals surface area contributed by atoms with Crippen molar-refractivity contribution in [1.29, 1.82) is 0 Å². The largest absolute Gasteiger partial charge is 0.860 e. The predicted molar refractivity (Wildman–Crippen MR) is 406 cm³/mol. The SMILES string of the molecule is CC(C)(C)[Si](C)(C)c1c(F)c(F)c([B-](c2c(F)c(F)c([Si](C)(C)C(C)(C)C)c(F)c2F)(c2c(F)c(F)c([Si](C)(C)C(C)(C)C)c(F)c2F)c2c(F)c(F)c([Si](C)(C)C(C)(C)C)c(F)c2F)c(F)c1F.C[NH+](C)c1ccccc1.C[NH+](C)c1ccccc1.C[NH+](C)c1ccccc1.[O-]B([O-])Oc1c(F)c(F)c(F)c(F)c1F. The molecular weight excluding hydrogens is 1560 g/mol. The Bertz CT molecular complexity index is 4040. The third-order valence-corrected chi connectivity index (χ3v) is 44.1. The molecule has 0 saturated heterocycles. The minimum atomic E-state index is -6.78. The van der Waals surface area contributed by atoms with Gasteiger partial charge < -0.3 is 29.4 Å². The predicted octanol–water partition coefficient (Wildman–Crippen LogP) is 13.0.